The van der Waals surface area contributed by atoms with E-state index in [1.54, 1.807) is 11.8 Å². The number of hydrogen-bond donors (Lipinski definition) is 1. The SMILES string of the molecule is CC1CCCC(NC(=O)C2CSC3(C)CCC(=O)N23)C1C. The van der Waals surface area contributed by atoms with E-state index in [2.05, 4.69) is 26.1 Å². The first-order valence-electron chi connectivity index (χ1n) is 8.19. The first kappa shape index (κ1) is 15.2. The molecule has 2 aliphatic heterocycles. The zero-order valence-corrected chi connectivity index (χ0v) is 14.0. The minimum atomic E-state index is -0.264. The Morgan fingerprint density at radius 1 is 1.38 bits per heavy atom. The first-order valence-corrected chi connectivity index (χ1v) is 9.17. The molecule has 5 atom stereocenters. The molecule has 0 aromatic heterocycles. The number of carbonyl (C=O) groups excluding carboxylic acids is 2. The molecule has 118 valence electrons. The van der Waals surface area contributed by atoms with E-state index in [4.69, 9.17) is 0 Å². The Bertz CT molecular complexity index is 456. The Morgan fingerprint density at radius 2 is 2.14 bits per heavy atom. The second kappa shape index (κ2) is 5.49. The van der Waals surface area contributed by atoms with Gasteiger partial charge in [-0.2, -0.15) is 0 Å². The highest BCUT2D eigenvalue weighted by molar-refractivity contribution is 8.01. The molecule has 2 amide bonds. The van der Waals surface area contributed by atoms with Crippen molar-refractivity contribution in [1.82, 2.24) is 10.2 Å². The van der Waals surface area contributed by atoms with Crippen molar-refractivity contribution in [2.45, 2.75) is 69.8 Å². The molecule has 1 saturated carbocycles. The zero-order valence-electron chi connectivity index (χ0n) is 13.2. The van der Waals surface area contributed by atoms with Crippen molar-refractivity contribution in [3.8, 4) is 0 Å². The molecule has 3 fully saturated rings. The Balaban J connectivity index is 1.67. The van der Waals surface area contributed by atoms with Crippen LogP contribution in [0.25, 0.3) is 0 Å². The molecule has 0 aromatic carbocycles. The minimum absolute atomic E-state index is 0.0624. The smallest absolute Gasteiger partial charge is 0.243 e. The predicted octanol–water partition coefficient (Wildman–Crippen LogP) is 2.38. The molecule has 21 heavy (non-hydrogen) atoms. The second-order valence-corrected chi connectivity index (χ2v) is 8.65. The number of carbonyl (C=O) groups is 2. The lowest BCUT2D eigenvalue weighted by Crippen LogP contribution is -2.54. The molecule has 3 aliphatic rings. The molecular formula is C16H26N2O2S. The van der Waals surface area contributed by atoms with E-state index in [9.17, 15) is 9.59 Å². The van der Waals surface area contributed by atoms with Crippen molar-refractivity contribution in [2.24, 2.45) is 11.8 Å². The monoisotopic (exact) mass is 310 g/mol. The van der Waals surface area contributed by atoms with Gasteiger partial charge in [0.2, 0.25) is 11.8 Å². The average Bonchev–Trinajstić information content (AvgIpc) is 2.92. The van der Waals surface area contributed by atoms with Crippen LogP contribution in [0, 0.1) is 11.8 Å². The summed E-state index contributed by atoms with van der Waals surface area (Å²) in [6, 6.07) is 0.00949. The lowest BCUT2D eigenvalue weighted by molar-refractivity contribution is -0.138. The molecule has 5 unspecified atom stereocenters. The van der Waals surface area contributed by atoms with Gasteiger partial charge in [-0.15, -0.1) is 11.8 Å². The predicted molar refractivity (Wildman–Crippen MR) is 84.8 cm³/mol. The molecule has 2 heterocycles. The van der Waals surface area contributed by atoms with Gasteiger partial charge in [0, 0.05) is 18.2 Å². The van der Waals surface area contributed by atoms with Crippen LogP contribution < -0.4 is 5.32 Å². The van der Waals surface area contributed by atoms with Gasteiger partial charge in [-0.1, -0.05) is 26.7 Å². The maximum absolute atomic E-state index is 12.7. The molecule has 0 radical (unpaired) electrons. The van der Waals surface area contributed by atoms with Gasteiger partial charge >= 0.3 is 0 Å². The number of thioether (sulfide) groups is 1. The summed E-state index contributed by atoms with van der Waals surface area (Å²) in [6.07, 6.45) is 4.98. The minimum Gasteiger partial charge on any atom is -0.351 e. The summed E-state index contributed by atoms with van der Waals surface area (Å²) in [5.74, 6) is 2.14. The van der Waals surface area contributed by atoms with Crippen LogP contribution in [0.15, 0.2) is 0 Å². The Hall–Kier alpha value is -0.710. The van der Waals surface area contributed by atoms with Crippen LogP contribution in [0.2, 0.25) is 0 Å². The van der Waals surface area contributed by atoms with E-state index < -0.39 is 0 Å². The van der Waals surface area contributed by atoms with Crippen LogP contribution in [0.1, 0.15) is 52.9 Å². The van der Waals surface area contributed by atoms with Crippen molar-refractivity contribution in [3.05, 3.63) is 0 Å². The number of rotatable bonds is 2. The van der Waals surface area contributed by atoms with Gasteiger partial charge in [-0.3, -0.25) is 9.59 Å². The molecule has 0 spiro atoms. The fraction of sp³-hybridized carbons (Fsp3) is 0.875. The van der Waals surface area contributed by atoms with Gasteiger partial charge in [0.25, 0.3) is 0 Å². The Kier molecular flexibility index (Phi) is 3.97. The van der Waals surface area contributed by atoms with Gasteiger partial charge in [0.05, 0.1) is 4.87 Å². The van der Waals surface area contributed by atoms with E-state index in [-0.39, 0.29) is 28.8 Å². The van der Waals surface area contributed by atoms with Gasteiger partial charge in [0.1, 0.15) is 6.04 Å². The van der Waals surface area contributed by atoms with Crippen LogP contribution >= 0.6 is 11.8 Å². The van der Waals surface area contributed by atoms with E-state index in [1.807, 2.05) is 4.90 Å². The van der Waals surface area contributed by atoms with Gasteiger partial charge in [0.15, 0.2) is 0 Å². The fourth-order valence-corrected chi connectivity index (χ4v) is 5.51. The largest absolute Gasteiger partial charge is 0.351 e. The third-order valence-electron chi connectivity index (χ3n) is 5.78. The summed E-state index contributed by atoms with van der Waals surface area (Å²) in [4.78, 5) is 26.5. The van der Waals surface area contributed by atoms with Crippen molar-refractivity contribution < 1.29 is 9.59 Å². The molecule has 1 aliphatic carbocycles. The van der Waals surface area contributed by atoms with Crippen molar-refractivity contribution in [3.63, 3.8) is 0 Å². The summed E-state index contributed by atoms with van der Waals surface area (Å²) in [6.45, 7) is 6.61. The first-order chi connectivity index (χ1) is 9.92. The molecule has 2 saturated heterocycles. The Morgan fingerprint density at radius 3 is 2.90 bits per heavy atom. The highest BCUT2D eigenvalue weighted by atomic mass is 32.2. The Labute approximate surface area is 131 Å². The lowest BCUT2D eigenvalue weighted by atomic mass is 9.78. The normalized spacial score (nSPS) is 43.0. The number of hydrogen-bond acceptors (Lipinski definition) is 3. The summed E-state index contributed by atoms with van der Waals surface area (Å²) in [5.41, 5.74) is 0. The summed E-state index contributed by atoms with van der Waals surface area (Å²) in [5, 5.41) is 3.25. The molecule has 3 rings (SSSR count). The highest BCUT2D eigenvalue weighted by Gasteiger charge is 2.53. The molecule has 1 N–H and O–H groups in total. The van der Waals surface area contributed by atoms with Crippen molar-refractivity contribution in [1.29, 1.82) is 0 Å². The zero-order chi connectivity index (χ0) is 15.2. The molecule has 0 bridgehead atoms. The average molecular weight is 310 g/mol. The van der Waals surface area contributed by atoms with E-state index in [0.717, 1.165) is 18.6 Å². The molecule has 0 aromatic rings. The van der Waals surface area contributed by atoms with E-state index >= 15 is 0 Å². The fourth-order valence-electron chi connectivity index (χ4n) is 4.08. The second-order valence-electron chi connectivity index (χ2n) is 7.15. The molecule has 4 nitrogen and oxygen atoms in total. The van der Waals surface area contributed by atoms with Gasteiger partial charge in [-0.25, -0.2) is 0 Å². The number of nitrogens with one attached hydrogen (secondary N) is 1. The molecular weight excluding hydrogens is 284 g/mol. The quantitative estimate of drug-likeness (QED) is 0.852. The lowest BCUT2D eigenvalue weighted by Gasteiger charge is -2.36. The van der Waals surface area contributed by atoms with Crippen LogP contribution in [-0.2, 0) is 9.59 Å². The third-order valence-corrected chi connectivity index (χ3v) is 7.29. The highest BCUT2D eigenvalue weighted by Crippen LogP contribution is 2.47. The third kappa shape index (κ3) is 2.58. The topological polar surface area (TPSA) is 49.4 Å². The van der Waals surface area contributed by atoms with E-state index in [0.29, 0.717) is 18.3 Å². The number of amides is 2. The van der Waals surface area contributed by atoms with Crippen LogP contribution in [0.4, 0.5) is 0 Å². The number of fused-ring (bicyclic) bond motifs is 1. The van der Waals surface area contributed by atoms with Gasteiger partial charge < -0.3 is 10.2 Å². The van der Waals surface area contributed by atoms with E-state index in [1.165, 1.54) is 12.8 Å². The van der Waals surface area contributed by atoms with Crippen LogP contribution in [0.5, 0.6) is 0 Å². The standard InChI is InChI=1S/C16H26N2O2S/c1-10-5-4-6-12(11(10)2)17-15(20)13-9-21-16(3)8-7-14(19)18(13)16/h10-13H,4-9H2,1-3H3,(H,17,20). The summed E-state index contributed by atoms with van der Waals surface area (Å²) in [7, 11) is 0. The summed E-state index contributed by atoms with van der Waals surface area (Å²) >= 11 is 1.76. The summed E-state index contributed by atoms with van der Waals surface area (Å²) < 4.78 is 0. The van der Waals surface area contributed by atoms with Crippen molar-refractivity contribution in [2.75, 3.05) is 5.75 Å². The molecule has 5 heteroatoms. The maximum atomic E-state index is 12.7. The number of nitrogens with zero attached hydrogens (tertiary/aromatic N) is 1. The van der Waals surface area contributed by atoms with Crippen LogP contribution in [0.3, 0.4) is 0 Å². The van der Waals surface area contributed by atoms with Crippen molar-refractivity contribution >= 4 is 23.6 Å². The van der Waals surface area contributed by atoms with Crippen LogP contribution in [-0.4, -0.2) is 39.4 Å². The van der Waals surface area contributed by atoms with Gasteiger partial charge in [-0.05, 0) is 31.6 Å². The maximum Gasteiger partial charge on any atom is 0.243 e.